The molecule has 5 rings (SSSR count). The molecule has 3 heterocycles. The highest BCUT2D eigenvalue weighted by Gasteiger charge is 2.20. The van der Waals surface area contributed by atoms with Gasteiger partial charge in [-0.15, -0.1) is 0 Å². The van der Waals surface area contributed by atoms with Gasteiger partial charge in [-0.1, -0.05) is 30.3 Å². The van der Waals surface area contributed by atoms with E-state index in [-0.39, 0.29) is 22.8 Å². The zero-order valence-electron chi connectivity index (χ0n) is 17.9. The largest absolute Gasteiger partial charge is 0.486 e. The van der Waals surface area contributed by atoms with Crippen LogP contribution in [-0.2, 0) is 4.74 Å². The number of hydrogen-bond acceptors (Lipinski definition) is 6. The second-order valence-electron chi connectivity index (χ2n) is 7.61. The summed E-state index contributed by atoms with van der Waals surface area (Å²) in [6, 6.07) is 16.1. The van der Waals surface area contributed by atoms with Crippen LogP contribution < -0.4 is 20.3 Å². The molecule has 2 aromatic heterocycles. The van der Waals surface area contributed by atoms with Crippen LogP contribution in [0.4, 0.5) is 0 Å². The first-order chi connectivity index (χ1) is 16.1. The molecule has 0 bridgehead atoms. The molecule has 9 nitrogen and oxygen atoms in total. The van der Waals surface area contributed by atoms with Gasteiger partial charge in [-0.25, -0.2) is 4.52 Å². The van der Waals surface area contributed by atoms with E-state index >= 15 is 0 Å². The lowest BCUT2D eigenvalue weighted by molar-refractivity contribution is 0.0891. The standard InChI is InChI=1S/C24H22N4O5/c1-31-14-19(15-5-3-2-4-6-15)26-23(29)17-12-20-24(30)25-18(13-28(20)27-17)16-7-8-21-22(11-16)33-10-9-32-21/h2-8,11-13,19H,9-10,14H2,1H3,(H,25,30)(H,26,29)/t19-/m1/s1. The Morgan fingerprint density at radius 2 is 1.94 bits per heavy atom. The fourth-order valence-corrected chi connectivity index (χ4v) is 3.78. The fraction of sp³-hybridized carbons (Fsp3) is 0.208. The fourth-order valence-electron chi connectivity index (χ4n) is 3.78. The quantitative estimate of drug-likeness (QED) is 0.472. The number of carbonyl (C=O) groups is 1. The van der Waals surface area contributed by atoms with Crippen LogP contribution in [0, 0.1) is 0 Å². The topological polar surface area (TPSA) is 107 Å². The maximum atomic E-state index is 12.9. The molecule has 1 atom stereocenters. The molecule has 0 spiro atoms. The van der Waals surface area contributed by atoms with Crippen LogP contribution in [0.5, 0.6) is 11.5 Å². The number of rotatable bonds is 6. The van der Waals surface area contributed by atoms with Crippen molar-refractivity contribution in [1.29, 1.82) is 0 Å². The molecule has 0 fully saturated rings. The van der Waals surface area contributed by atoms with Gasteiger partial charge in [-0.3, -0.25) is 9.59 Å². The molecule has 33 heavy (non-hydrogen) atoms. The van der Waals surface area contributed by atoms with Gasteiger partial charge < -0.3 is 24.5 Å². The second-order valence-corrected chi connectivity index (χ2v) is 7.61. The van der Waals surface area contributed by atoms with E-state index in [1.54, 1.807) is 25.4 Å². The van der Waals surface area contributed by atoms with E-state index in [0.717, 1.165) is 11.1 Å². The number of ether oxygens (including phenoxy) is 3. The van der Waals surface area contributed by atoms with E-state index in [1.165, 1.54) is 10.6 Å². The molecule has 0 radical (unpaired) electrons. The molecular formula is C24H22N4O5. The lowest BCUT2D eigenvalue weighted by Crippen LogP contribution is -2.31. The molecule has 2 N–H and O–H groups in total. The highest BCUT2D eigenvalue weighted by molar-refractivity contribution is 5.93. The number of fused-ring (bicyclic) bond motifs is 2. The monoisotopic (exact) mass is 446 g/mol. The number of nitrogens with zero attached hydrogens (tertiary/aromatic N) is 2. The van der Waals surface area contributed by atoms with Crippen LogP contribution in [0.15, 0.2) is 65.6 Å². The summed E-state index contributed by atoms with van der Waals surface area (Å²) in [4.78, 5) is 28.5. The molecule has 4 aromatic rings. The Kier molecular flexibility index (Phi) is 5.54. The Labute approximate surface area is 188 Å². The van der Waals surface area contributed by atoms with Crippen molar-refractivity contribution in [3.05, 3.63) is 82.4 Å². The zero-order valence-corrected chi connectivity index (χ0v) is 17.9. The Hall–Kier alpha value is -4.11. The van der Waals surface area contributed by atoms with Crippen molar-refractivity contribution in [3.63, 3.8) is 0 Å². The number of aromatic amines is 1. The smallest absolute Gasteiger partial charge is 0.274 e. The van der Waals surface area contributed by atoms with Gasteiger partial charge in [-0.05, 0) is 23.8 Å². The Balaban J connectivity index is 1.44. The second kappa shape index (κ2) is 8.79. The summed E-state index contributed by atoms with van der Waals surface area (Å²) in [5, 5.41) is 7.27. The van der Waals surface area contributed by atoms with Crippen molar-refractivity contribution in [2.75, 3.05) is 26.9 Å². The van der Waals surface area contributed by atoms with Crippen LogP contribution in [0.2, 0.25) is 0 Å². The summed E-state index contributed by atoms with van der Waals surface area (Å²) in [7, 11) is 1.58. The van der Waals surface area contributed by atoms with E-state index in [2.05, 4.69) is 15.4 Å². The van der Waals surface area contributed by atoms with Crippen LogP contribution in [0.3, 0.4) is 0 Å². The number of amides is 1. The first kappa shape index (κ1) is 20.8. The number of methoxy groups -OCH3 is 1. The maximum Gasteiger partial charge on any atom is 0.274 e. The van der Waals surface area contributed by atoms with Gasteiger partial charge in [-0.2, -0.15) is 5.10 Å². The van der Waals surface area contributed by atoms with Crippen LogP contribution in [0.25, 0.3) is 16.8 Å². The highest BCUT2D eigenvalue weighted by atomic mass is 16.6. The van der Waals surface area contributed by atoms with Gasteiger partial charge in [0, 0.05) is 18.7 Å². The zero-order chi connectivity index (χ0) is 22.8. The molecule has 2 aromatic carbocycles. The summed E-state index contributed by atoms with van der Waals surface area (Å²) in [5.41, 5.74) is 2.24. The minimum atomic E-state index is -0.398. The molecule has 168 valence electrons. The lowest BCUT2D eigenvalue weighted by atomic mass is 10.1. The third kappa shape index (κ3) is 4.18. The van der Waals surface area contributed by atoms with Gasteiger partial charge >= 0.3 is 0 Å². The summed E-state index contributed by atoms with van der Waals surface area (Å²) in [6.07, 6.45) is 1.67. The van der Waals surface area contributed by atoms with Crippen molar-refractivity contribution in [2.24, 2.45) is 0 Å². The molecule has 0 unspecified atom stereocenters. The van der Waals surface area contributed by atoms with E-state index in [9.17, 15) is 9.59 Å². The van der Waals surface area contributed by atoms with Crippen LogP contribution in [-0.4, -0.2) is 47.4 Å². The van der Waals surface area contributed by atoms with E-state index < -0.39 is 5.91 Å². The molecule has 9 heteroatoms. The molecule has 1 amide bonds. The van der Waals surface area contributed by atoms with Crippen LogP contribution >= 0.6 is 0 Å². The van der Waals surface area contributed by atoms with E-state index in [4.69, 9.17) is 14.2 Å². The van der Waals surface area contributed by atoms with Gasteiger partial charge in [0.15, 0.2) is 17.2 Å². The molecule has 1 aliphatic heterocycles. The normalized spacial score (nSPS) is 13.6. The van der Waals surface area contributed by atoms with Gasteiger partial charge in [0.2, 0.25) is 0 Å². The minimum absolute atomic E-state index is 0.136. The third-order valence-electron chi connectivity index (χ3n) is 5.39. The first-order valence-electron chi connectivity index (χ1n) is 10.5. The van der Waals surface area contributed by atoms with Gasteiger partial charge in [0.1, 0.15) is 18.7 Å². The number of nitrogens with one attached hydrogen (secondary N) is 2. The molecule has 0 aliphatic carbocycles. The number of carbonyl (C=O) groups excluding carboxylic acids is 1. The van der Waals surface area contributed by atoms with Crippen molar-refractivity contribution < 1.29 is 19.0 Å². The SMILES string of the molecule is COC[C@@H](NC(=O)c1cc2c(=O)[nH]c(-c3ccc4c(c3)OCCO4)cn2n1)c1ccccc1. The summed E-state index contributed by atoms with van der Waals surface area (Å²) in [6.45, 7) is 1.28. The number of hydrogen-bond donors (Lipinski definition) is 2. The number of H-pyrrole nitrogens is 1. The van der Waals surface area contributed by atoms with Crippen molar-refractivity contribution >= 4 is 11.4 Å². The first-order valence-corrected chi connectivity index (χ1v) is 10.5. The van der Waals surface area contributed by atoms with Gasteiger partial charge in [0.05, 0.1) is 24.5 Å². The van der Waals surface area contributed by atoms with Crippen molar-refractivity contribution in [3.8, 4) is 22.8 Å². The number of aromatic nitrogens is 3. The Morgan fingerprint density at radius 1 is 1.15 bits per heavy atom. The van der Waals surface area contributed by atoms with E-state index in [1.807, 2.05) is 36.4 Å². The summed E-state index contributed by atoms with van der Waals surface area (Å²) >= 11 is 0. The highest BCUT2D eigenvalue weighted by Crippen LogP contribution is 2.33. The molecule has 0 saturated carbocycles. The average molecular weight is 446 g/mol. The predicted molar refractivity (Wildman–Crippen MR) is 121 cm³/mol. The van der Waals surface area contributed by atoms with Gasteiger partial charge in [0.25, 0.3) is 11.5 Å². The summed E-state index contributed by atoms with van der Waals surface area (Å²) < 4.78 is 17.9. The summed E-state index contributed by atoms with van der Waals surface area (Å²) in [5.74, 6) is 0.880. The predicted octanol–water partition coefficient (Wildman–Crippen LogP) is 2.58. The lowest BCUT2D eigenvalue weighted by Gasteiger charge is -2.18. The van der Waals surface area contributed by atoms with E-state index in [0.29, 0.717) is 37.0 Å². The van der Waals surface area contributed by atoms with Crippen molar-refractivity contribution in [1.82, 2.24) is 19.9 Å². The number of benzene rings is 2. The Morgan fingerprint density at radius 3 is 2.73 bits per heavy atom. The molecule has 1 aliphatic rings. The minimum Gasteiger partial charge on any atom is -0.486 e. The maximum absolute atomic E-state index is 12.9. The molecular weight excluding hydrogens is 424 g/mol. The van der Waals surface area contributed by atoms with Crippen molar-refractivity contribution in [2.45, 2.75) is 6.04 Å². The third-order valence-corrected chi connectivity index (χ3v) is 5.39. The Bertz CT molecular complexity index is 1360. The van der Waals surface area contributed by atoms with Crippen LogP contribution in [0.1, 0.15) is 22.1 Å². The molecule has 0 saturated heterocycles. The average Bonchev–Trinajstić information content (AvgIpc) is 3.29.